The summed E-state index contributed by atoms with van der Waals surface area (Å²) in [5, 5.41) is 0.700. The summed E-state index contributed by atoms with van der Waals surface area (Å²) in [5.74, 6) is 0.821. The van der Waals surface area contributed by atoms with E-state index in [0.717, 1.165) is 17.7 Å². The normalized spacial score (nSPS) is 23.9. The van der Waals surface area contributed by atoms with Crippen LogP contribution in [0.1, 0.15) is 31.9 Å². The van der Waals surface area contributed by atoms with E-state index in [1.807, 2.05) is 32.0 Å². The SMILES string of the molecule is CC1(C)CC(N)c2c(Cl)cccc2O1. The summed E-state index contributed by atoms with van der Waals surface area (Å²) in [4.78, 5) is 0. The molecule has 0 spiro atoms. The Kier molecular flexibility index (Phi) is 2.20. The number of halogens is 1. The molecule has 0 aromatic heterocycles. The van der Waals surface area contributed by atoms with E-state index in [1.165, 1.54) is 0 Å². The molecule has 0 aliphatic carbocycles. The van der Waals surface area contributed by atoms with E-state index in [0.29, 0.717) is 5.02 Å². The third-order valence-corrected chi connectivity index (χ3v) is 2.81. The second-order valence-corrected chi connectivity index (χ2v) is 4.73. The molecule has 0 saturated carbocycles. The van der Waals surface area contributed by atoms with Crippen molar-refractivity contribution in [1.29, 1.82) is 0 Å². The van der Waals surface area contributed by atoms with Gasteiger partial charge in [-0.05, 0) is 26.0 Å². The van der Waals surface area contributed by atoms with E-state index in [-0.39, 0.29) is 11.6 Å². The first kappa shape index (κ1) is 9.81. The molecule has 1 aromatic rings. The molecular formula is C11H14ClNO. The molecule has 0 fully saturated rings. The van der Waals surface area contributed by atoms with Gasteiger partial charge in [-0.25, -0.2) is 0 Å². The highest BCUT2D eigenvalue weighted by Crippen LogP contribution is 2.41. The molecule has 1 aliphatic heterocycles. The van der Waals surface area contributed by atoms with Crippen molar-refractivity contribution in [3.05, 3.63) is 28.8 Å². The van der Waals surface area contributed by atoms with Gasteiger partial charge in [0.05, 0.1) is 0 Å². The van der Waals surface area contributed by atoms with E-state index in [1.54, 1.807) is 0 Å². The van der Waals surface area contributed by atoms with E-state index < -0.39 is 0 Å². The molecule has 1 aliphatic rings. The first-order chi connectivity index (χ1) is 6.49. The Labute approximate surface area is 89.0 Å². The predicted molar refractivity (Wildman–Crippen MR) is 57.7 cm³/mol. The second-order valence-electron chi connectivity index (χ2n) is 4.32. The first-order valence-corrected chi connectivity index (χ1v) is 5.10. The molecule has 0 radical (unpaired) electrons. The summed E-state index contributed by atoms with van der Waals surface area (Å²) in [6.07, 6.45) is 0.795. The zero-order valence-electron chi connectivity index (χ0n) is 8.38. The highest BCUT2D eigenvalue weighted by molar-refractivity contribution is 6.31. The van der Waals surface area contributed by atoms with Crippen molar-refractivity contribution >= 4 is 11.6 Å². The highest BCUT2D eigenvalue weighted by atomic mass is 35.5. The highest BCUT2D eigenvalue weighted by Gasteiger charge is 2.32. The Morgan fingerprint density at radius 1 is 1.50 bits per heavy atom. The predicted octanol–water partition coefficient (Wildman–Crippen LogP) is 2.90. The van der Waals surface area contributed by atoms with Crippen molar-refractivity contribution in [2.45, 2.75) is 31.9 Å². The largest absolute Gasteiger partial charge is 0.487 e. The standard InChI is InChI=1S/C11H14ClNO/c1-11(2)6-8(13)10-7(12)4-3-5-9(10)14-11/h3-5,8H,6,13H2,1-2H3. The Balaban J connectivity index is 2.50. The quantitative estimate of drug-likeness (QED) is 0.716. The van der Waals surface area contributed by atoms with E-state index in [2.05, 4.69) is 0 Å². The third-order valence-electron chi connectivity index (χ3n) is 2.48. The van der Waals surface area contributed by atoms with Crippen LogP contribution >= 0.6 is 11.6 Å². The molecule has 0 saturated heterocycles. The average molecular weight is 212 g/mol. The van der Waals surface area contributed by atoms with Crippen LogP contribution in [-0.2, 0) is 0 Å². The number of rotatable bonds is 0. The van der Waals surface area contributed by atoms with Crippen LogP contribution in [0.2, 0.25) is 5.02 Å². The van der Waals surface area contributed by atoms with Gasteiger partial charge < -0.3 is 10.5 Å². The molecule has 14 heavy (non-hydrogen) atoms. The van der Waals surface area contributed by atoms with Gasteiger partial charge in [0.25, 0.3) is 0 Å². The van der Waals surface area contributed by atoms with Crippen molar-refractivity contribution < 1.29 is 4.74 Å². The summed E-state index contributed by atoms with van der Waals surface area (Å²) in [7, 11) is 0. The van der Waals surface area contributed by atoms with Crippen LogP contribution in [0.15, 0.2) is 18.2 Å². The molecule has 1 unspecified atom stereocenters. The molecule has 1 heterocycles. The van der Waals surface area contributed by atoms with Gasteiger partial charge in [0.15, 0.2) is 0 Å². The molecule has 76 valence electrons. The van der Waals surface area contributed by atoms with Crippen LogP contribution in [-0.4, -0.2) is 5.60 Å². The lowest BCUT2D eigenvalue weighted by atomic mass is 9.90. The Bertz CT molecular complexity index is 362. The number of hydrogen-bond acceptors (Lipinski definition) is 2. The minimum atomic E-state index is -0.197. The van der Waals surface area contributed by atoms with Crippen molar-refractivity contribution in [3.8, 4) is 5.75 Å². The maximum absolute atomic E-state index is 6.07. The summed E-state index contributed by atoms with van der Waals surface area (Å²) < 4.78 is 5.81. The van der Waals surface area contributed by atoms with Crippen molar-refractivity contribution in [2.24, 2.45) is 5.73 Å². The van der Waals surface area contributed by atoms with E-state index >= 15 is 0 Å². The number of ether oxygens (including phenoxy) is 1. The van der Waals surface area contributed by atoms with Crippen LogP contribution in [0.25, 0.3) is 0 Å². The molecule has 0 amide bonds. The molecule has 2 nitrogen and oxygen atoms in total. The van der Waals surface area contributed by atoms with Gasteiger partial charge in [0.1, 0.15) is 11.4 Å². The molecule has 2 N–H and O–H groups in total. The third kappa shape index (κ3) is 1.60. The lowest BCUT2D eigenvalue weighted by molar-refractivity contribution is 0.0729. The van der Waals surface area contributed by atoms with Gasteiger partial charge in [-0.2, -0.15) is 0 Å². The van der Waals surface area contributed by atoms with Crippen LogP contribution in [0, 0.1) is 0 Å². The van der Waals surface area contributed by atoms with Gasteiger partial charge in [0.2, 0.25) is 0 Å². The fraction of sp³-hybridized carbons (Fsp3) is 0.455. The Morgan fingerprint density at radius 3 is 2.93 bits per heavy atom. The van der Waals surface area contributed by atoms with E-state index in [9.17, 15) is 0 Å². The maximum atomic E-state index is 6.07. The zero-order chi connectivity index (χ0) is 10.3. The fourth-order valence-corrected chi connectivity index (χ4v) is 2.24. The number of benzene rings is 1. The summed E-state index contributed by atoms with van der Waals surface area (Å²) in [6, 6.07) is 5.63. The van der Waals surface area contributed by atoms with Crippen molar-refractivity contribution in [2.75, 3.05) is 0 Å². The lowest BCUT2D eigenvalue weighted by Gasteiger charge is -2.36. The van der Waals surface area contributed by atoms with Gasteiger partial charge in [0, 0.05) is 23.0 Å². The van der Waals surface area contributed by atoms with Crippen LogP contribution < -0.4 is 10.5 Å². The maximum Gasteiger partial charge on any atom is 0.126 e. The van der Waals surface area contributed by atoms with Gasteiger partial charge in [-0.3, -0.25) is 0 Å². The average Bonchev–Trinajstić information content (AvgIpc) is 2.00. The number of fused-ring (bicyclic) bond motifs is 1. The van der Waals surface area contributed by atoms with Crippen molar-refractivity contribution in [3.63, 3.8) is 0 Å². The van der Waals surface area contributed by atoms with Crippen LogP contribution in [0.3, 0.4) is 0 Å². The van der Waals surface area contributed by atoms with Crippen LogP contribution in [0.4, 0.5) is 0 Å². The first-order valence-electron chi connectivity index (χ1n) is 4.73. The van der Waals surface area contributed by atoms with Crippen LogP contribution in [0.5, 0.6) is 5.75 Å². The molecule has 1 aromatic carbocycles. The molecule has 0 bridgehead atoms. The van der Waals surface area contributed by atoms with Gasteiger partial charge in [-0.15, -0.1) is 0 Å². The number of hydrogen-bond donors (Lipinski definition) is 1. The van der Waals surface area contributed by atoms with Crippen molar-refractivity contribution in [1.82, 2.24) is 0 Å². The minimum Gasteiger partial charge on any atom is -0.487 e. The van der Waals surface area contributed by atoms with Gasteiger partial charge >= 0.3 is 0 Å². The second kappa shape index (κ2) is 3.14. The smallest absolute Gasteiger partial charge is 0.126 e. The monoisotopic (exact) mass is 211 g/mol. The summed E-state index contributed by atoms with van der Waals surface area (Å²) >= 11 is 6.07. The molecule has 3 heteroatoms. The number of nitrogens with two attached hydrogens (primary N) is 1. The molecule has 1 atom stereocenters. The fourth-order valence-electron chi connectivity index (χ4n) is 1.94. The molecule has 2 rings (SSSR count). The van der Waals surface area contributed by atoms with E-state index in [4.69, 9.17) is 22.1 Å². The summed E-state index contributed by atoms with van der Waals surface area (Å²) in [6.45, 7) is 4.08. The minimum absolute atomic E-state index is 0.0255. The lowest BCUT2D eigenvalue weighted by Crippen LogP contribution is -2.37. The zero-order valence-corrected chi connectivity index (χ0v) is 9.14. The topological polar surface area (TPSA) is 35.2 Å². The Hall–Kier alpha value is -0.730. The summed E-state index contributed by atoms with van der Waals surface area (Å²) in [5.41, 5.74) is 6.80. The molecular weight excluding hydrogens is 198 g/mol. The van der Waals surface area contributed by atoms with Gasteiger partial charge in [-0.1, -0.05) is 17.7 Å². The Morgan fingerprint density at radius 2 is 2.21 bits per heavy atom.